The van der Waals surface area contributed by atoms with Gasteiger partial charge in [0.2, 0.25) is 0 Å². The second-order valence-electron chi connectivity index (χ2n) is 3.72. The zero-order valence-corrected chi connectivity index (χ0v) is 14.6. The number of halogens is 1. The molecule has 1 aliphatic rings. The third-order valence-corrected chi connectivity index (χ3v) is 15.1. The molecule has 1 atom stereocenters. The lowest BCUT2D eigenvalue weighted by Gasteiger charge is -2.50. The maximum absolute atomic E-state index is 6.24. The number of methoxy groups -OCH3 is 1. The number of ether oxygens (including phenoxy) is 1. The molecule has 11 heteroatoms. The third-order valence-electron chi connectivity index (χ3n) is 3.07. The molecule has 0 aromatic rings. The molecular weight excluding hydrogens is 314 g/mol. The summed E-state index contributed by atoms with van der Waals surface area (Å²) in [6.07, 6.45) is 0. The topological polar surface area (TPSA) is 67.9 Å². The molecule has 1 aliphatic heterocycles. The Kier molecular flexibility index (Phi) is 5.92. The predicted octanol–water partition coefficient (Wildman–Crippen LogP) is 0.379. The van der Waals surface area contributed by atoms with Crippen molar-refractivity contribution in [2.45, 2.75) is 11.3 Å². The largest absolute Gasteiger partial charge is 0.519 e. The predicted molar refractivity (Wildman–Crippen MR) is 69.9 cm³/mol. The highest BCUT2D eigenvalue weighted by Crippen LogP contribution is 2.43. The van der Waals surface area contributed by atoms with Crippen molar-refractivity contribution < 1.29 is 32.1 Å². The molecule has 1 heterocycles. The van der Waals surface area contributed by atoms with E-state index in [-0.39, 0.29) is 6.04 Å². The first-order valence-electron chi connectivity index (χ1n) is 5.41. The molecule has 0 spiro atoms. The molecule has 1 saturated heterocycles. The van der Waals surface area contributed by atoms with Crippen molar-refractivity contribution in [2.24, 2.45) is 0 Å². The molecule has 0 aromatic heterocycles. The molecular formula is C8H20ClNO7Si2. The maximum atomic E-state index is 6.24. The normalized spacial score (nSPS) is 30.5. The van der Waals surface area contributed by atoms with Crippen molar-refractivity contribution >= 4 is 27.9 Å². The monoisotopic (exact) mass is 333 g/mol. The first-order valence-corrected chi connectivity index (χ1v) is 10.6. The van der Waals surface area contributed by atoms with E-state index >= 15 is 0 Å². The van der Waals surface area contributed by atoms with Gasteiger partial charge in [0.1, 0.15) is 0 Å². The Labute approximate surface area is 119 Å². The highest BCUT2D eigenvalue weighted by atomic mass is 35.5. The highest BCUT2D eigenvalue weighted by molar-refractivity contribution is 7.31. The molecule has 0 N–H and O–H groups in total. The van der Waals surface area contributed by atoms with Gasteiger partial charge < -0.3 is 22.4 Å². The standard InChI is InChI=1S/C8H20ClNO7Si2/c1-11-8(9)7-18(13-3,14-4)19(15-5,16-6)10(12-2)17-8/h7H2,1-6H3. The van der Waals surface area contributed by atoms with Crippen LogP contribution in [0.25, 0.3) is 0 Å². The lowest BCUT2D eigenvalue weighted by atomic mass is 10.7. The zero-order valence-electron chi connectivity index (χ0n) is 11.9. The zero-order chi connectivity index (χ0) is 14.7. The fourth-order valence-electron chi connectivity index (χ4n) is 2.04. The first-order chi connectivity index (χ1) is 8.93. The Balaban J connectivity index is 3.32. The van der Waals surface area contributed by atoms with Gasteiger partial charge in [0.25, 0.3) is 5.25 Å². The van der Waals surface area contributed by atoms with Crippen LogP contribution >= 0.6 is 11.6 Å². The third kappa shape index (κ3) is 2.63. The summed E-state index contributed by atoms with van der Waals surface area (Å²) in [5, 5.41) is -1.46. The van der Waals surface area contributed by atoms with Gasteiger partial charge in [0, 0.05) is 35.5 Å². The summed E-state index contributed by atoms with van der Waals surface area (Å²) < 4.78 is 27.5. The summed E-state index contributed by atoms with van der Waals surface area (Å²) in [5.41, 5.74) is 0. The maximum Gasteiger partial charge on any atom is 0.519 e. The van der Waals surface area contributed by atoms with Gasteiger partial charge in [-0.25, -0.2) is 4.84 Å². The van der Waals surface area contributed by atoms with Gasteiger partial charge in [-0.15, -0.1) is 0 Å². The van der Waals surface area contributed by atoms with E-state index < -0.39 is 21.6 Å². The summed E-state index contributed by atoms with van der Waals surface area (Å²) in [4.78, 5) is 11.7. The van der Waals surface area contributed by atoms with Crippen LogP contribution in [0.5, 0.6) is 0 Å². The van der Waals surface area contributed by atoms with Crippen LogP contribution in [-0.4, -0.2) is 69.1 Å². The van der Waals surface area contributed by atoms with Crippen LogP contribution in [0, 0.1) is 0 Å². The molecule has 0 amide bonds. The fraction of sp³-hybridized carbons (Fsp3) is 1.00. The van der Waals surface area contributed by atoms with Gasteiger partial charge >= 0.3 is 16.3 Å². The minimum absolute atomic E-state index is 0.165. The summed E-state index contributed by atoms with van der Waals surface area (Å²) in [5.74, 6) is 0. The van der Waals surface area contributed by atoms with Gasteiger partial charge in [-0.2, -0.15) is 0 Å². The quantitative estimate of drug-likeness (QED) is 0.510. The summed E-state index contributed by atoms with van der Waals surface area (Å²) >= 11 is 6.24. The summed E-state index contributed by atoms with van der Waals surface area (Å²) in [6, 6.07) is 0.165. The molecule has 0 radical (unpaired) electrons. The Morgan fingerprint density at radius 3 is 1.84 bits per heavy atom. The molecule has 1 fully saturated rings. The van der Waals surface area contributed by atoms with Gasteiger partial charge in [0.15, 0.2) is 0 Å². The highest BCUT2D eigenvalue weighted by Gasteiger charge is 2.76. The second kappa shape index (κ2) is 6.45. The Bertz CT molecular complexity index is 305. The summed E-state index contributed by atoms with van der Waals surface area (Å²) in [7, 11) is 2.56. The van der Waals surface area contributed by atoms with E-state index in [2.05, 4.69) is 0 Å². The van der Waals surface area contributed by atoms with Crippen LogP contribution in [0.2, 0.25) is 6.04 Å². The van der Waals surface area contributed by atoms with Crippen LogP contribution in [-0.2, 0) is 32.1 Å². The number of hydrogen-bond donors (Lipinski definition) is 0. The minimum atomic E-state index is -3.23. The average Bonchev–Trinajstić information content (AvgIpc) is 2.46. The molecule has 114 valence electrons. The Morgan fingerprint density at radius 2 is 1.53 bits per heavy atom. The van der Waals surface area contributed by atoms with Crippen LogP contribution in [0.4, 0.5) is 0 Å². The Morgan fingerprint density at radius 1 is 1.00 bits per heavy atom. The average molecular weight is 334 g/mol. The SMILES string of the molecule is CON1OC(Cl)(OC)C[Si](OC)(OC)[Si]1(OC)OC. The van der Waals surface area contributed by atoms with Crippen LogP contribution in [0.15, 0.2) is 0 Å². The van der Waals surface area contributed by atoms with E-state index in [0.717, 1.165) is 4.89 Å². The van der Waals surface area contributed by atoms with Crippen molar-refractivity contribution in [1.82, 2.24) is 4.89 Å². The lowest BCUT2D eigenvalue weighted by Crippen LogP contribution is -2.82. The van der Waals surface area contributed by atoms with Gasteiger partial charge in [-0.1, -0.05) is 11.6 Å². The molecule has 8 nitrogen and oxygen atoms in total. The smallest absolute Gasteiger partial charge is 0.395 e. The molecule has 0 aromatic carbocycles. The molecule has 19 heavy (non-hydrogen) atoms. The molecule has 1 rings (SSSR count). The van der Waals surface area contributed by atoms with Crippen molar-refractivity contribution in [1.29, 1.82) is 0 Å². The van der Waals surface area contributed by atoms with Crippen molar-refractivity contribution in [3.8, 4) is 0 Å². The molecule has 1 unspecified atom stereocenters. The molecule has 0 saturated carbocycles. The van der Waals surface area contributed by atoms with Crippen molar-refractivity contribution in [3.63, 3.8) is 0 Å². The van der Waals surface area contributed by atoms with Crippen LogP contribution in [0.3, 0.4) is 0 Å². The number of alkyl halides is 1. The number of rotatable bonds is 6. The first kappa shape index (κ1) is 17.5. The van der Waals surface area contributed by atoms with Crippen molar-refractivity contribution in [3.05, 3.63) is 0 Å². The molecule has 0 bridgehead atoms. The van der Waals surface area contributed by atoms with E-state index in [1.807, 2.05) is 0 Å². The van der Waals surface area contributed by atoms with Gasteiger partial charge in [0.05, 0.1) is 13.2 Å². The van der Waals surface area contributed by atoms with Gasteiger partial charge in [-0.3, -0.25) is 4.84 Å². The van der Waals surface area contributed by atoms with Crippen LogP contribution < -0.4 is 0 Å². The van der Waals surface area contributed by atoms with E-state index in [1.54, 1.807) is 0 Å². The van der Waals surface area contributed by atoms with E-state index in [0.29, 0.717) is 0 Å². The Hall–Kier alpha value is 0.404. The van der Waals surface area contributed by atoms with Crippen LogP contribution in [0.1, 0.15) is 0 Å². The lowest BCUT2D eigenvalue weighted by molar-refractivity contribution is -0.391. The van der Waals surface area contributed by atoms with E-state index in [1.165, 1.54) is 42.7 Å². The fourth-order valence-corrected chi connectivity index (χ4v) is 12.9. The van der Waals surface area contributed by atoms with E-state index in [9.17, 15) is 0 Å². The van der Waals surface area contributed by atoms with E-state index in [4.69, 9.17) is 43.7 Å². The minimum Gasteiger partial charge on any atom is -0.395 e. The number of hydrogen-bond acceptors (Lipinski definition) is 8. The van der Waals surface area contributed by atoms with Gasteiger partial charge in [-0.05, 0) is 4.89 Å². The summed E-state index contributed by atoms with van der Waals surface area (Å²) in [6.45, 7) is 0. The van der Waals surface area contributed by atoms with Crippen molar-refractivity contribution in [2.75, 3.05) is 42.7 Å². The molecule has 0 aliphatic carbocycles. The number of nitrogens with zero attached hydrogens (tertiary/aromatic N) is 1. The second-order valence-corrected chi connectivity index (χ2v) is 13.5.